The molecule has 0 aliphatic carbocycles. The predicted octanol–water partition coefficient (Wildman–Crippen LogP) is 1.66. The Bertz CT molecular complexity index is 97.5. The maximum absolute atomic E-state index is 3.18. The van der Waals surface area contributed by atoms with Gasteiger partial charge in [-0.15, -0.1) is 0 Å². The van der Waals surface area contributed by atoms with Gasteiger partial charge in [-0.3, -0.25) is 3.53 Å². The van der Waals surface area contributed by atoms with Crippen molar-refractivity contribution in [1.29, 1.82) is 0 Å². The van der Waals surface area contributed by atoms with Gasteiger partial charge in [-0.25, -0.2) is 0 Å². The summed E-state index contributed by atoms with van der Waals surface area (Å²) < 4.78 is 3.18. The second kappa shape index (κ2) is 5.32. The average molecular weight is 268 g/mol. The Balaban J connectivity index is 2.07. The summed E-state index contributed by atoms with van der Waals surface area (Å²) in [6.07, 6.45) is 4.15. The number of nitrogens with zero attached hydrogens (tertiary/aromatic N) is 1. The summed E-state index contributed by atoms with van der Waals surface area (Å²) >= 11 is 2.23. The SMILES string of the molecule is CN1CCC(CCNI)CC1. The minimum Gasteiger partial charge on any atom is -0.306 e. The highest BCUT2D eigenvalue weighted by Gasteiger charge is 2.15. The van der Waals surface area contributed by atoms with Crippen molar-refractivity contribution >= 4 is 22.9 Å². The summed E-state index contributed by atoms with van der Waals surface area (Å²) in [5.74, 6) is 0.980. The van der Waals surface area contributed by atoms with Crippen molar-refractivity contribution in [3.63, 3.8) is 0 Å². The van der Waals surface area contributed by atoms with Gasteiger partial charge < -0.3 is 4.90 Å². The molecule has 11 heavy (non-hydrogen) atoms. The molecule has 0 radical (unpaired) electrons. The molecule has 0 aromatic carbocycles. The number of piperidine rings is 1. The Labute approximate surface area is 83.2 Å². The van der Waals surface area contributed by atoms with Gasteiger partial charge >= 0.3 is 0 Å². The van der Waals surface area contributed by atoms with Gasteiger partial charge in [0.25, 0.3) is 0 Å². The maximum Gasteiger partial charge on any atom is 0.0169 e. The third kappa shape index (κ3) is 3.71. The lowest BCUT2D eigenvalue weighted by atomic mass is 9.94. The van der Waals surface area contributed by atoms with E-state index in [4.69, 9.17) is 0 Å². The molecule has 0 aromatic rings. The highest BCUT2D eigenvalue weighted by molar-refractivity contribution is 14.1. The van der Waals surface area contributed by atoms with Crippen molar-refractivity contribution in [1.82, 2.24) is 8.43 Å². The monoisotopic (exact) mass is 268 g/mol. The van der Waals surface area contributed by atoms with Crippen molar-refractivity contribution in [2.75, 3.05) is 26.7 Å². The largest absolute Gasteiger partial charge is 0.306 e. The Hall–Kier alpha value is 0.650. The van der Waals surface area contributed by atoms with Crippen LogP contribution in [0.25, 0.3) is 0 Å². The van der Waals surface area contributed by atoms with Crippen molar-refractivity contribution < 1.29 is 0 Å². The summed E-state index contributed by atoms with van der Waals surface area (Å²) in [6, 6.07) is 0. The molecule has 0 spiro atoms. The molecular weight excluding hydrogens is 251 g/mol. The zero-order valence-corrected chi connectivity index (χ0v) is 9.30. The highest BCUT2D eigenvalue weighted by atomic mass is 127. The van der Waals surface area contributed by atoms with E-state index in [0.29, 0.717) is 0 Å². The number of halogens is 1. The van der Waals surface area contributed by atoms with E-state index < -0.39 is 0 Å². The molecule has 0 aromatic heterocycles. The van der Waals surface area contributed by atoms with Crippen LogP contribution in [0.5, 0.6) is 0 Å². The number of hydrogen-bond acceptors (Lipinski definition) is 2. The van der Waals surface area contributed by atoms with Crippen molar-refractivity contribution in [3.05, 3.63) is 0 Å². The van der Waals surface area contributed by atoms with Crippen LogP contribution in [0.2, 0.25) is 0 Å². The molecule has 1 N–H and O–H groups in total. The van der Waals surface area contributed by atoms with Gasteiger partial charge in [-0.05, 0) is 45.3 Å². The standard InChI is InChI=1S/C8H17IN2/c1-11-6-3-8(4-7-11)2-5-10-9/h8,10H,2-7H2,1H3. The van der Waals surface area contributed by atoms with E-state index in [1.165, 1.54) is 38.9 Å². The van der Waals surface area contributed by atoms with E-state index in [2.05, 4.69) is 38.3 Å². The van der Waals surface area contributed by atoms with Crippen LogP contribution < -0.4 is 3.53 Å². The molecule has 1 saturated heterocycles. The quantitative estimate of drug-likeness (QED) is 0.618. The molecule has 0 unspecified atom stereocenters. The Kier molecular flexibility index (Phi) is 4.71. The van der Waals surface area contributed by atoms with Crippen LogP contribution in [0.1, 0.15) is 19.3 Å². The highest BCUT2D eigenvalue weighted by Crippen LogP contribution is 2.18. The molecule has 66 valence electrons. The lowest BCUT2D eigenvalue weighted by molar-refractivity contribution is 0.213. The van der Waals surface area contributed by atoms with Crippen molar-refractivity contribution in [2.45, 2.75) is 19.3 Å². The second-order valence-electron chi connectivity index (χ2n) is 3.42. The topological polar surface area (TPSA) is 15.3 Å². The Morgan fingerprint density at radius 3 is 2.64 bits per heavy atom. The first-order valence-corrected chi connectivity index (χ1v) is 5.43. The van der Waals surface area contributed by atoms with E-state index in [1.54, 1.807) is 0 Å². The Morgan fingerprint density at radius 2 is 2.09 bits per heavy atom. The average Bonchev–Trinajstić information content (AvgIpc) is 2.04. The molecule has 3 heteroatoms. The van der Waals surface area contributed by atoms with Crippen LogP contribution in [-0.4, -0.2) is 31.6 Å². The normalized spacial score (nSPS) is 22.4. The van der Waals surface area contributed by atoms with Crippen LogP contribution in [0.4, 0.5) is 0 Å². The molecule has 0 amide bonds. The molecule has 1 aliphatic heterocycles. The zero-order valence-electron chi connectivity index (χ0n) is 7.15. The van der Waals surface area contributed by atoms with Gasteiger partial charge in [0.15, 0.2) is 0 Å². The van der Waals surface area contributed by atoms with Gasteiger partial charge in [0.05, 0.1) is 0 Å². The van der Waals surface area contributed by atoms with E-state index in [1.807, 2.05) is 0 Å². The van der Waals surface area contributed by atoms with Gasteiger partial charge in [-0.2, -0.15) is 0 Å². The lowest BCUT2D eigenvalue weighted by Crippen LogP contribution is -2.30. The minimum atomic E-state index is 0.980. The third-order valence-corrected chi connectivity index (χ3v) is 3.02. The molecule has 0 saturated carbocycles. The molecule has 1 fully saturated rings. The van der Waals surface area contributed by atoms with Crippen LogP contribution in [-0.2, 0) is 0 Å². The number of hydrogen-bond donors (Lipinski definition) is 1. The maximum atomic E-state index is 3.18. The van der Waals surface area contributed by atoms with Gasteiger partial charge in [0, 0.05) is 29.4 Å². The lowest BCUT2D eigenvalue weighted by Gasteiger charge is -2.28. The second-order valence-corrected chi connectivity index (χ2v) is 4.18. The van der Waals surface area contributed by atoms with E-state index in [-0.39, 0.29) is 0 Å². The summed E-state index contributed by atoms with van der Waals surface area (Å²) in [4.78, 5) is 2.42. The molecule has 1 heterocycles. The van der Waals surface area contributed by atoms with E-state index >= 15 is 0 Å². The van der Waals surface area contributed by atoms with Crippen LogP contribution >= 0.6 is 22.9 Å². The van der Waals surface area contributed by atoms with Gasteiger partial charge in [-0.1, -0.05) is 0 Å². The number of rotatable bonds is 3. The van der Waals surface area contributed by atoms with E-state index in [0.717, 1.165) is 5.92 Å². The molecule has 2 nitrogen and oxygen atoms in total. The summed E-state index contributed by atoms with van der Waals surface area (Å²) in [6.45, 7) is 3.77. The van der Waals surface area contributed by atoms with E-state index in [9.17, 15) is 0 Å². The minimum absolute atomic E-state index is 0.980. The first kappa shape index (κ1) is 9.74. The fraction of sp³-hybridized carbons (Fsp3) is 1.00. The summed E-state index contributed by atoms with van der Waals surface area (Å²) in [7, 11) is 2.22. The summed E-state index contributed by atoms with van der Waals surface area (Å²) in [5, 5.41) is 0. The smallest absolute Gasteiger partial charge is 0.0169 e. The fourth-order valence-electron chi connectivity index (χ4n) is 1.61. The number of nitrogens with one attached hydrogen (secondary N) is 1. The van der Waals surface area contributed by atoms with Gasteiger partial charge in [0.2, 0.25) is 0 Å². The molecular formula is C8H17IN2. The first-order chi connectivity index (χ1) is 5.33. The van der Waals surface area contributed by atoms with Crippen LogP contribution in [0.15, 0.2) is 0 Å². The van der Waals surface area contributed by atoms with Gasteiger partial charge in [0.1, 0.15) is 0 Å². The predicted molar refractivity (Wildman–Crippen MR) is 56.9 cm³/mol. The molecule has 1 aliphatic rings. The van der Waals surface area contributed by atoms with Crippen LogP contribution in [0, 0.1) is 5.92 Å². The number of likely N-dealkylation sites (tertiary alicyclic amines) is 1. The first-order valence-electron chi connectivity index (χ1n) is 4.35. The van der Waals surface area contributed by atoms with Crippen LogP contribution in [0.3, 0.4) is 0 Å². The molecule has 1 rings (SSSR count). The van der Waals surface area contributed by atoms with Crippen molar-refractivity contribution in [2.24, 2.45) is 5.92 Å². The molecule has 0 atom stereocenters. The Morgan fingerprint density at radius 1 is 1.45 bits per heavy atom. The molecule has 0 bridgehead atoms. The third-order valence-electron chi connectivity index (χ3n) is 2.49. The summed E-state index contributed by atoms with van der Waals surface area (Å²) in [5.41, 5.74) is 0. The van der Waals surface area contributed by atoms with Crippen molar-refractivity contribution in [3.8, 4) is 0 Å². The zero-order chi connectivity index (χ0) is 8.10. The fourth-order valence-corrected chi connectivity index (χ4v) is 1.92.